The van der Waals surface area contributed by atoms with Gasteiger partial charge in [0, 0.05) is 23.8 Å². The SMILES string of the molecule is COc1ccc2c(Oc3ccc(OCCN4CCCCC4)cc3)c(-c3ccc(S(C)(=O)=O)c(Cl)c3)ccc2c1. The van der Waals surface area contributed by atoms with Gasteiger partial charge in [0.2, 0.25) is 0 Å². The number of hydrogen-bond acceptors (Lipinski definition) is 6. The van der Waals surface area contributed by atoms with Crippen LogP contribution in [-0.4, -0.2) is 52.9 Å². The number of piperidine rings is 1. The van der Waals surface area contributed by atoms with Crippen LogP contribution in [0.1, 0.15) is 19.3 Å². The number of likely N-dealkylation sites (tertiary alicyclic amines) is 1. The molecule has 1 aliphatic rings. The lowest BCUT2D eigenvalue weighted by molar-refractivity contribution is 0.183. The van der Waals surface area contributed by atoms with Crippen molar-refractivity contribution in [1.29, 1.82) is 0 Å². The van der Waals surface area contributed by atoms with Crippen molar-refractivity contribution >= 4 is 32.2 Å². The third kappa shape index (κ3) is 6.49. The van der Waals surface area contributed by atoms with Crippen LogP contribution >= 0.6 is 11.6 Å². The molecular weight excluding hydrogens is 534 g/mol. The third-order valence-corrected chi connectivity index (χ3v) is 8.57. The summed E-state index contributed by atoms with van der Waals surface area (Å²) in [5, 5.41) is 2.00. The van der Waals surface area contributed by atoms with E-state index in [1.54, 1.807) is 19.2 Å². The van der Waals surface area contributed by atoms with Crippen LogP contribution in [-0.2, 0) is 9.84 Å². The van der Waals surface area contributed by atoms with Gasteiger partial charge in [0.25, 0.3) is 0 Å². The smallest absolute Gasteiger partial charge is 0.176 e. The van der Waals surface area contributed by atoms with Gasteiger partial charge in [-0.05, 0) is 97.5 Å². The number of nitrogens with zero attached hydrogens (tertiary/aromatic N) is 1. The summed E-state index contributed by atoms with van der Waals surface area (Å²) >= 11 is 6.39. The Bertz CT molecular complexity index is 1560. The standard InChI is InChI=1S/C31H32ClNO5S/c1-36-26-12-14-28-22(20-26)6-13-27(23-7-15-30(29(32)21-23)39(2,34)35)31(28)38-25-10-8-24(9-11-25)37-19-18-33-16-4-3-5-17-33/h6-15,20-21H,3-5,16-19H2,1-2H3. The number of sulfone groups is 1. The molecule has 0 spiro atoms. The van der Waals surface area contributed by atoms with Gasteiger partial charge >= 0.3 is 0 Å². The van der Waals surface area contributed by atoms with Crippen molar-refractivity contribution in [3.8, 4) is 34.1 Å². The average Bonchev–Trinajstić information content (AvgIpc) is 2.93. The molecule has 0 aliphatic carbocycles. The van der Waals surface area contributed by atoms with E-state index in [9.17, 15) is 8.42 Å². The molecule has 5 rings (SSSR count). The normalized spacial score (nSPS) is 14.3. The first-order valence-corrected chi connectivity index (χ1v) is 15.3. The monoisotopic (exact) mass is 565 g/mol. The van der Waals surface area contributed by atoms with Crippen LogP contribution in [0.4, 0.5) is 0 Å². The summed E-state index contributed by atoms with van der Waals surface area (Å²) in [7, 11) is -1.81. The zero-order valence-corrected chi connectivity index (χ0v) is 23.7. The third-order valence-electron chi connectivity index (χ3n) is 6.99. The van der Waals surface area contributed by atoms with Gasteiger partial charge in [-0.15, -0.1) is 0 Å². The maximum Gasteiger partial charge on any atom is 0.176 e. The van der Waals surface area contributed by atoms with Crippen LogP contribution in [0.3, 0.4) is 0 Å². The molecule has 0 saturated carbocycles. The van der Waals surface area contributed by atoms with Gasteiger partial charge in [-0.25, -0.2) is 8.42 Å². The summed E-state index contributed by atoms with van der Waals surface area (Å²) in [6.45, 7) is 3.89. The van der Waals surface area contributed by atoms with Gasteiger partial charge in [0.15, 0.2) is 9.84 Å². The molecule has 0 unspecified atom stereocenters. The molecule has 4 aromatic rings. The van der Waals surface area contributed by atoms with Gasteiger partial charge in [-0.1, -0.05) is 30.2 Å². The highest BCUT2D eigenvalue weighted by Gasteiger charge is 2.17. The number of rotatable bonds is 9. The Morgan fingerprint density at radius 3 is 2.26 bits per heavy atom. The van der Waals surface area contributed by atoms with Gasteiger partial charge in [0.1, 0.15) is 29.6 Å². The van der Waals surface area contributed by atoms with E-state index in [4.69, 9.17) is 25.8 Å². The Kier molecular flexibility index (Phi) is 8.31. The topological polar surface area (TPSA) is 65.1 Å². The summed E-state index contributed by atoms with van der Waals surface area (Å²) in [5.74, 6) is 2.83. The fourth-order valence-corrected chi connectivity index (χ4v) is 6.24. The van der Waals surface area contributed by atoms with E-state index < -0.39 is 9.84 Å². The lowest BCUT2D eigenvalue weighted by atomic mass is 9.99. The van der Waals surface area contributed by atoms with E-state index in [0.29, 0.717) is 18.1 Å². The Morgan fingerprint density at radius 2 is 1.56 bits per heavy atom. The van der Waals surface area contributed by atoms with Crippen molar-refractivity contribution in [2.24, 2.45) is 0 Å². The second-order valence-electron chi connectivity index (χ2n) is 9.77. The van der Waals surface area contributed by atoms with Crippen molar-refractivity contribution in [3.63, 3.8) is 0 Å². The molecular formula is C31H32ClNO5S. The lowest BCUT2D eigenvalue weighted by Gasteiger charge is -2.26. The van der Waals surface area contributed by atoms with Gasteiger partial charge in [-0.3, -0.25) is 4.90 Å². The largest absolute Gasteiger partial charge is 0.497 e. The molecule has 1 aliphatic heterocycles. The molecule has 1 heterocycles. The molecule has 1 saturated heterocycles. The maximum atomic E-state index is 12.1. The zero-order valence-electron chi connectivity index (χ0n) is 22.2. The van der Waals surface area contributed by atoms with E-state index in [-0.39, 0.29) is 9.92 Å². The van der Waals surface area contributed by atoms with Crippen LogP contribution in [0, 0.1) is 0 Å². The van der Waals surface area contributed by atoms with Crippen molar-refractivity contribution < 1.29 is 22.6 Å². The van der Waals surface area contributed by atoms with Gasteiger partial charge in [-0.2, -0.15) is 0 Å². The first kappa shape index (κ1) is 27.3. The molecule has 0 bridgehead atoms. The number of fused-ring (bicyclic) bond motifs is 1. The van der Waals surface area contributed by atoms with E-state index in [2.05, 4.69) is 4.90 Å². The van der Waals surface area contributed by atoms with E-state index >= 15 is 0 Å². The van der Waals surface area contributed by atoms with Crippen LogP contribution < -0.4 is 14.2 Å². The minimum atomic E-state index is -3.44. The quantitative estimate of drug-likeness (QED) is 0.213. The Morgan fingerprint density at radius 1 is 0.846 bits per heavy atom. The second-order valence-corrected chi connectivity index (χ2v) is 12.2. The Labute approximate surface area is 235 Å². The summed E-state index contributed by atoms with van der Waals surface area (Å²) in [4.78, 5) is 2.55. The summed E-state index contributed by atoms with van der Waals surface area (Å²) in [5.41, 5.74) is 1.54. The zero-order chi connectivity index (χ0) is 27.4. The molecule has 0 N–H and O–H groups in total. The van der Waals surface area contributed by atoms with Gasteiger partial charge in [0.05, 0.1) is 17.0 Å². The number of halogens is 1. The molecule has 0 aromatic heterocycles. The van der Waals surface area contributed by atoms with Crippen LogP contribution in [0.5, 0.6) is 23.0 Å². The van der Waals surface area contributed by atoms with Crippen LogP contribution in [0.2, 0.25) is 5.02 Å². The van der Waals surface area contributed by atoms with Crippen molar-refractivity contribution in [2.45, 2.75) is 24.2 Å². The highest BCUT2D eigenvalue weighted by Crippen LogP contribution is 2.42. The van der Waals surface area contributed by atoms with Crippen molar-refractivity contribution in [1.82, 2.24) is 4.90 Å². The molecule has 204 valence electrons. The highest BCUT2D eigenvalue weighted by molar-refractivity contribution is 7.90. The second kappa shape index (κ2) is 11.9. The maximum absolute atomic E-state index is 12.1. The fourth-order valence-electron chi connectivity index (χ4n) is 4.91. The molecule has 4 aromatic carbocycles. The summed E-state index contributed by atoms with van der Waals surface area (Å²) in [6, 6.07) is 22.3. The van der Waals surface area contributed by atoms with E-state index in [0.717, 1.165) is 59.3 Å². The number of ether oxygens (including phenoxy) is 3. The van der Waals surface area contributed by atoms with E-state index in [1.165, 1.54) is 25.3 Å². The lowest BCUT2D eigenvalue weighted by Crippen LogP contribution is -2.33. The average molecular weight is 566 g/mol. The predicted molar refractivity (Wildman–Crippen MR) is 156 cm³/mol. The molecule has 0 radical (unpaired) electrons. The number of benzene rings is 4. The minimum absolute atomic E-state index is 0.0942. The molecule has 1 fully saturated rings. The Balaban J connectivity index is 1.43. The molecule has 39 heavy (non-hydrogen) atoms. The Hall–Kier alpha value is -3.26. The fraction of sp³-hybridized carbons (Fsp3) is 0.290. The first-order chi connectivity index (χ1) is 18.8. The minimum Gasteiger partial charge on any atom is -0.497 e. The van der Waals surface area contributed by atoms with Crippen molar-refractivity contribution in [2.75, 3.05) is 39.6 Å². The highest BCUT2D eigenvalue weighted by atomic mass is 35.5. The predicted octanol–water partition coefficient (Wildman–Crippen LogP) is 7.23. The number of methoxy groups -OCH3 is 1. The van der Waals surface area contributed by atoms with Gasteiger partial charge < -0.3 is 14.2 Å². The molecule has 6 nitrogen and oxygen atoms in total. The summed E-state index contributed by atoms with van der Waals surface area (Å²) < 4.78 is 42.0. The van der Waals surface area contributed by atoms with Crippen LogP contribution in [0.25, 0.3) is 21.9 Å². The first-order valence-electron chi connectivity index (χ1n) is 13.1. The molecule has 8 heteroatoms. The number of hydrogen-bond donors (Lipinski definition) is 0. The summed E-state index contributed by atoms with van der Waals surface area (Å²) in [6.07, 6.45) is 5.00. The van der Waals surface area contributed by atoms with Crippen LogP contribution in [0.15, 0.2) is 77.7 Å². The molecule has 0 atom stereocenters. The molecule has 0 amide bonds. The van der Waals surface area contributed by atoms with E-state index in [1.807, 2.05) is 54.6 Å². The van der Waals surface area contributed by atoms with Crippen molar-refractivity contribution in [3.05, 3.63) is 77.8 Å².